The minimum absolute atomic E-state index is 0.0100. The lowest BCUT2D eigenvalue weighted by atomic mass is 9.92. The van der Waals surface area contributed by atoms with Crippen molar-refractivity contribution >= 4 is 11.6 Å². The average molecular weight is 362 g/mol. The third-order valence-corrected chi connectivity index (χ3v) is 5.15. The Morgan fingerprint density at radius 1 is 1.19 bits per heavy atom. The van der Waals surface area contributed by atoms with Crippen LogP contribution in [-0.4, -0.2) is 44.8 Å². The molecule has 2 aliphatic carbocycles. The summed E-state index contributed by atoms with van der Waals surface area (Å²) < 4.78 is 28.4. The highest BCUT2D eigenvalue weighted by Gasteiger charge is 2.35. The van der Waals surface area contributed by atoms with Gasteiger partial charge in [-0.15, -0.1) is 0 Å². The van der Waals surface area contributed by atoms with Gasteiger partial charge < -0.3 is 10.2 Å². The Morgan fingerprint density at radius 3 is 2.54 bits per heavy atom. The van der Waals surface area contributed by atoms with Crippen molar-refractivity contribution in [3.05, 3.63) is 24.0 Å². The monoisotopic (exact) mass is 362 g/mol. The molecule has 2 aromatic rings. The van der Waals surface area contributed by atoms with E-state index >= 15 is 0 Å². The van der Waals surface area contributed by atoms with Crippen molar-refractivity contribution in [3.8, 4) is 5.95 Å². The van der Waals surface area contributed by atoms with E-state index in [9.17, 15) is 8.78 Å². The smallest absolute Gasteiger partial charge is 0.254 e. The zero-order valence-electron chi connectivity index (χ0n) is 15.1. The van der Waals surface area contributed by atoms with E-state index in [-0.39, 0.29) is 18.9 Å². The van der Waals surface area contributed by atoms with Crippen LogP contribution in [0.25, 0.3) is 5.95 Å². The quantitative estimate of drug-likeness (QED) is 0.881. The summed E-state index contributed by atoms with van der Waals surface area (Å²) in [6, 6.07) is 4.33. The van der Waals surface area contributed by atoms with Gasteiger partial charge in [0.25, 0.3) is 5.95 Å². The predicted octanol–water partition coefficient (Wildman–Crippen LogP) is 3.56. The molecule has 0 aliphatic heterocycles. The van der Waals surface area contributed by atoms with Gasteiger partial charge in [0.05, 0.1) is 5.69 Å². The molecular weight excluding hydrogens is 338 g/mol. The van der Waals surface area contributed by atoms with Gasteiger partial charge in [-0.3, -0.25) is 0 Å². The Bertz CT molecular complexity index is 776. The van der Waals surface area contributed by atoms with E-state index in [1.165, 1.54) is 0 Å². The minimum Gasteiger partial charge on any atom is -0.367 e. The van der Waals surface area contributed by atoms with Crippen LogP contribution in [0.3, 0.4) is 0 Å². The molecule has 0 radical (unpaired) electrons. The molecule has 8 heteroatoms. The number of aromatic nitrogens is 4. The number of halogens is 2. The number of anilines is 2. The van der Waals surface area contributed by atoms with Crippen molar-refractivity contribution < 1.29 is 8.78 Å². The molecule has 2 aliphatic rings. The van der Waals surface area contributed by atoms with Crippen LogP contribution in [0.2, 0.25) is 0 Å². The molecule has 2 aromatic heterocycles. The molecule has 2 heterocycles. The standard InChI is InChI=1S/C18H24F2N6/c1-12-7-10-26(24-12)17-22-15(11-16(23-17)25(2)14-3-4-14)21-13-5-8-18(19,20)9-6-13/h7,10-11,13-14H,3-6,8-9H2,1-2H3,(H,21,22,23). The fraction of sp³-hybridized carbons (Fsp3) is 0.611. The van der Waals surface area contributed by atoms with Gasteiger partial charge in [-0.2, -0.15) is 15.1 Å². The number of alkyl halides is 2. The molecule has 1 N–H and O–H groups in total. The molecule has 140 valence electrons. The highest BCUT2D eigenvalue weighted by Crippen LogP contribution is 2.35. The van der Waals surface area contributed by atoms with Gasteiger partial charge in [-0.1, -0.05) is 0 Å². The van der Waals surface area contributed by atoms with Crippen LogP contribution in [0.15, 0.2) is 18.3 Å². The normalized spacial score (nSPS) is 20.2. The summed E-state index contributed by atoms with van der Waals surface area (Å²) in [4.78, 5) is 11.4. The van der Waals surface area contributed by atoms with Crippen molar-refractivity contribution in [2.75, 3.05) is 17.3 Å². The second-order valence-electron chi connectivity index (χ2n) is 7.43. The first kappa shape index (κ1) is 17.2. The zero-order valence-corrected chi connectivity index (χ0v) is 15.1. The number of nitrogens with zero attached hydrogens (tertiary/aromatic N) is 5. The van der Waals surface area contributed by atoms with E-state index in [1.54, 1.807) is 4.68 Å². The van der Waals surface area contributed by atoms with Crippen LogP contribution in [0.5, 0.6) is 0 Å². The summed E-state index contributed by atoms with van der Waals surface area (Å²) in [5.74, 6) is -0.541. The highest BCUT2D eigenvalue weighted by atomic mass is 19.3. The first-order valence-electron chi connectivity index (χ1n) is 9.18. The van der Waals surface area contributed by atoms with Crippen molar-refractivity contribution in [3.63, 3.8) is 0 Å². The Kier molecular flexibility index (Phi) is 4.28. The van der Waals surface area contributed by atoms with E-state index in [1.807, 2.05) is 32.3 Å². The van der Waals surface area contributed by atoms with Crippen LogP contribution in [0.1, 0.15) is 44.2 Å². The molecular formula is C18H24F2N6. The number of rotatable bonds is 5. The van der Waals surface area contributed by atoms with Gasteiger partial charge in [0.15, 0.2) is 0 Å². The van der Waals surface area contributed by atoms with Gasteiger partial charge >= 0.3 is 0 Å². The molecule has 0 spiro atoms. The van der Waals surface area contributed by atoms with Crippen LogP contribution in [0.4, 0.5) is 20.4 Å². The molecule has 0 bridgehead atoms. The maximum Gasteiger partial charge on any atom is 0.254 e. The average Bonchev–Trinajstić information content (AvgIpc) is 3.37. The van der Waals surface area contributed by atoms with Crippen LogP contribution in [-0.2, 0) is 0 Å². The number of hydrogen-bond acceptors (Lipinski definition) is 5. The van der Waals surface area contributed by atoms with Gasteiger partial charge in [-0.25, -0.2) is 13.5 Å². The van der Waals surface area contributed by atoms with Gasteiger partial charge in [-0.05, 0) is 38.7 Å². The Balaban J connectivity index is 1.59. The lowest BCUT2D eigenvalue weighted by Gasteiger charge is -2.29. The van der Waals surface area contributed by atoms with Crippen molar-refractivity contribution in [2.24, 2.45) is 0 Å². The fourth-order valence-corrected chi connectivity index (χ4v) is 3.35. The molecule has 2 saturated carbocycles. The van der Waals surface area contributed by atoms with Crippen LogP contribution < -0.4 is 10.2 Å². The van der Waals surface area contributed by atoms with E-state index < -0.39 is 5.92 Å². The Morgan fingerprint density at radius 2 is 1.92 bits per heavy atom. The van der Waals surface area contributed by atoms with E-state index in [2.05, 4.69) is 25.3 Å². The first-order valence-corrected chi connectivity index (χ1v) is 9.18. The van der Waals surface area contributed by atoms with E-state index in [4.69, 9.17) is 0 Å². The Hall–Kier alpha value is -2.25. The van der Waals surface area contributed by atoms with Gasteiger partial charge in [0.1, 0.15) is 11.6 Å². The van der Waals surface area contributed by atoms with Crippen molar-refractivity contribution in [1.82, 2.24) is 19.7 Å². The molecule has 0 saturated heterocycles. The summed E-state index contributed by atoms with van der Waals surface area (Å²) >= 11 is 0. The number of nitrogens with one attached hydrogen (secondary N) is 1. The largest absolute Gasteiger partial charge is 0.367 e. The molecule has 0 aromatic carbocycles. The maximum atomic E-state index is 13.4. The second-order valence-corrected chi connectivity index (χ2v) is 7.43. The summed E-state index contributed by atoms with van der Waals surface area (Å²) in [5.41, 5.74) is 0.888. The zero-order chi connectivity index (χ0) is 18.3. The first-order chi connectivity index (χ1) is 12.4. The van der Waals surface area contributed by atoms with E-state index in [0.717, 1.165) is 24.4 Å². The minimum atomic E-state index is -2.53. The molecule has 2 fully saturated rings. The lowest BCUT2D eigenvalue weighted by Crippen LogP contribution is -2.32. The molecule has 0 atom stereocenters. The SMILES string of the molecule is Cc1ccn(-c2nc(NC3CCC(F)(F)CC3)cc(N(C)C3CC3)n2)n1. The van der Waals surface area contributed by atoms with Gasteiger partial charge in [0, 0.05) is 44.2 Å². The van der Waals surface area contributed by atoms with Crippen LogP contribution in [0, 0.1) is 6.92 Å². The number of aryl methyl sites for hydroxylation is 1. The highest BCUT2D eigenvalue weighted by molar-refractivity contribution is 5.52. The molecule has 26 heavy (non-hydrogen) atoms. The van der Waals surface area contributed by atoms with Crippen molar-refractivity contribution in [2.45, 2.75) is 63.5 Å². The predicted molar refractivity (Wildman–Crippen MR) is 96.1 cm³/mol. The van der Waals surface area contributed by atoms with Crippen molar-refractivity contribution in [1.29, 1.82) is 0 Å². The topological polar surface area (TPSA) is 58.9 Å². The number of hydrogen-bond donors (Lipinski definition) is 1. The summed E-state index contributed by atoms with van der Waals surface area (Å²) in [7, 11) is 2.03. The van der Waals surface area contributed by atoms with E-state index in [0.29, 0.717) is 30.6 Å². The molecule has 0 unspecified atom stereocenters. The molecule has 4 rings (SSSR count). The summed E-state index contributed by atoms with van der Waals surface area (Å²) in [6.07, 6.45) is 4.90. The van der Waals surface area contributed by atoms with Gasteiger partial charge in [0.2, 0.25) is 5.92 Å². The molecule has 0 amide bonds. The fourth-order valence-electron chi connectivity index (χ4n) is 3.35. The Labute approximate surface area is 151 Å². The summed E-state index contributed by atoms with van der Waals surface area (Å²) in [5, 5.41) is 7.73. The lowest BCUT2D eigenvalue weighted by molar-refractivity contribution is -0.0361. The maximum absolute atomic E-state index is 13.4. The van der Waals surface area contributed by atoms with Crippen LogP contribution >= 0.6 is 0 Å². The second kappa shape index (κ2) is 6.48. The summed E-state index contributed by atoms with van der Waals surface area (Å²) in [6.45, 7) is 1.91. The third kappa shape index (κ3) is 3.78. The third-order valence-electron chi connectivity index (χ3n) is 5.15. The molecule has 6 nitrogen and oxygen atoms in total.